The normalized spacial score (nSPS) is 16.9. The summed E-state index contributed by atoms with van der Waals surface area (Å²) >= 11 is 1.63. The number of carbonyl (C=O) groups is 4. The number of benzene rings is 2. The second-order valence-electron chi connectivity index (χ2n) is 15.9. The van der Waals surface area contributed by atoms with Crippen molar-refractivity contribution in [3.8, 4) is 0 Å². The maximum Gasteiger partial charge on any atom is 0.354 e. The molecule has 1 saturated heterocycles. The van der Waals surface area contributed by atoms with Crippen LogP contribution in [-0.2, 0) is 48.0 Å². The molecular formula is C50H63N5O10S. The number of pyridine rings is 2. The summed E-state index contributed by atoms with van der Waals surface area (Å²) in [5.41, 5.74) is 5.25. The van der Waals surface area contributed by atoms with E-state index in [1.807, 2.05) is 55.5 Å². The molecule has 0 spiro atoms. The Morgan fingerprint density at radius 2 is 1.35 bits per heavy atom. The highest BCUT2D eigenvalue weighted by Gasteiger charge is 2.24. The fourth-order valence-electron chi connectivity index (χ4n) is 7.47. The van der Waals surface area contributed by atoms with Crippen LogP contribution in [0.1, 0.15) is 73.4 Å². The molecule has 0 bridgehead atoms. The third-order valence-corrected chi connectivity index (χ3v) is 12.1. The molecule has 3 N–H and O–H groups in total. The van der Waals surface area contributed by atoms with Crippen LogP contribution in [0.3, 0.4) is 0 Å². The molecule has 1 fully saturated rings. The van der Waals surface area contributed by atoms with Gasteiger partial charge in [-0.25, -0.2) is 19.6 Å². The second kappa shape index (κ2) is 28.7. The number of aromatic carboxylic acids is 2. The molecule has 15 nitrogen and oxygen atoms in total. The average Bonchev–Trinajstić information content (AvgIpc) is 3.31. The van der Waals surface area contributed by atoms with Gasteiger partial charge in [0, 0.05) is 76.1 Å². The topological polar surface area (TPSA) is 190 Å². The Hall–Kier alpha value is -5.33. The van der Waals surface area contributed by atoms with Crippen LogP contribution in [0.2, 0.25) is 0 Å². The maximum atomic E-state index is 13.8. The summed E-state index contributed by atoms with van der Waals surface area (Å²) < 4.78 is 24.4. The summed E-state index contributed by atoms with van der Waals surface area (Å²) in [5.74, 6) is -1.50. The van der Waals surface area contributed by atoms with E-state index in [1.165, 1.54) is 12.1 Å². The molecule has 1 amide bonds. The first-order valence-corrected chi connectivity index (χ1v) is 23.6. The van der Waals surface area contributed by atoms with Gasteiger partial charge in [0.15, 0.2) is 0 Å². The lowest BCUT2D eigenvalue weighted by atomic mass is 9.83. The third kappa shape index (κ3) is 18.2. The van der Waals surface area contributed by atoms with E-state index in [0.29, 0.717) is 121 Å². The summed E-state index contributed by atoms with van der Waals surface area (Å²) in [7, 11) is 0. The Bertz CT molecular complexity index is 2180. The lowest BCUT2D eigenvalue weighted by molar-refractivity contribution is -0.126. The highest BCUT2D eigenvalue weighted by atomic mass is 32.2. The Morgan fingerprint density at radius 3 is 1.97 bits per heavy atom. The number of thioether (sulfide) groups is 1. The summed E-state index contributed by atoms with van der Waals surface area (Å²) in [6.45, 7) is 12.0. The van der Waals surface area contributed by atoms with Gasteiger partial charge >= 0.3 is 11.9 Å². The number of carbonyl (C=O) groups excluding carboxylic acids is 2. The van der Waals surface area contributed by atoms with Crippen molar-refractivity contribution in [1.82, 2.24) is 25.1 Å². The zero-order valence-electron chi connectivity index (χ0n) is 37.8. The van der Waals surface area contributed by atoms with Crippen LogP contribution in [0.15, 0.2) is 91.5 Å². The van der Waals surface area contributed by atoms with Crippen LogP contribution in [0, 0.1) is 6.92 Å². The molecule has 2 aromatic heterocycles. The largest absolute Gasteiger partial charge is 0.477 e. The van der Waals surface area contributed by atoms with Gasteiger partial charge in [-0.1, -0.05) is 73.3 Å². The SMILES string of the molecule is C=Cc1ccccc1CC(C(=O)CCC(=O)NCCSC[C@@H]1COCCN(Cc2cccc(C(=O)O)n2)CCOCCOCCN(Cc2cccc(C(=O)O)n2)CCO1)c1ccccc1C. The number of nitrogens with zero attached hydrogens (tertiary/aromatic N) is 4. The Morgan fingerprint density at radius 1 is 0.758 bits per heavy atom. The van der Waals surface area contributed by atoms with Crippen molar-refractivity contribution in [2.45, 2.75) is 51.3 Å². The molecule has 5 rings (SSSR count). The van der Waals surface area contributed by atoms with E-state index in [0.717, 1.165) is 22.3 Å². The molecule has 1 aliphatic heterocycles. The highest BCUT2D eigenvalue weighted by Crippen LogP contribution is 2.28. The highest BCUT2D eigenvalue weighted by molar-refractivity contribution is 7.99. The average molecular weight is 926 g/mol. The number of hydrogen-bond donors (Lipinski definition) is 3. The standard InChI is InChI=1S/C50H63N5O10S/c1-3-38-11-5-6-12-39(38)32-44(43-15-7-4-10-37(43)2)47(56)18-19-48(57)51-20-31-66-36-42-35-64-27-23-54(33-40-13-8-16-45(52-40)49(58)59)21-25-62-29-30-63-26-22-55(24-28-65-42)34-41-14-9-17-46(53-41)50(60)61/h3-17,42,44H,1,18-36H2,2H3,(H,51,57)(H,58,59)(H,60,61)/t42-,44?/m0/s1. The van der Waals surface area contributed by atoms with Gasteiger partial charge in [-0.3, -0.25) is 19.4 Å². The van der Waals surface area contributed by atoms with E-state index in [4.69, 9.17) is 18.9 Å². The number of hydrogen-bond acceptors (Lipinski definition) is 13. The molecule has 1 aliphatic rings. The van der Waals surface area contributed by atoms with Crippen molar-refractivity contribution in [1.29, 1.82) is 0 Å². The molecule has 1 unspecified atom stereocenters. The first-order valence-electron chi connectivity index (χ1n) is 22.4. The van der Waals surface area contributed by atoms with Crippen molar-refractivity contribution < 1.29 is 48.3 Å². The minimum absolute atomic E-state index is 0.0152. The fourth-order valence-corrected chi connectivity index (χ4v) is 8.34. The number of nitrogens with one attached hydrogen (secondary N) is 1. The van der Waals surface area contributed by atoms with Crippen LogP contribution in [-0.4, -0.2) is 150 Å². The van der Waals surface area contributed by atoms with Crippen molar-refractivity contribution in [2.75, 3.05) is 90.5 Å². The molecular weight excluding hydrogens is 863 g/mol. The Balaban J connectivity index is 1.15. The minimum atomic E-state index is -1.09. The van der Waals surface area contributed by atoms with E-state index in [-0.39, 0.29) is 47.9 Å². The Kier molecular flexibility index (Phi) is 22.4. The number of aryl methyl sites for hydroxylation is 1. The van der Waals surface area contributed by atoms with E-state index < -0.39 is 11.9 Å². The number of ether oxygens (including phenoxy) is 4. The number of rotatable bonds is 19. The molecule has 0 radical (unpaired) electrons. The van der Waals surface area contributed by atoms with E-state index in [2.05, 4.69) is 31.7 Å². The molecule has 66 heavy (non-hydrogen) atoms. The lowest BCUT2D eigenvalue weighted by Crippen LogP contribution is -2.35. The molecule has 2 aromatic carbocycles. The van der Waals surface area contributed by atoms with Crippen LogP contribution < -0.4 is 5.32 Å². The molecule has 2 atom stereocenters. The van der Waals surface area contributed by atoms with Crippen molar-refractivity contribution in [2.24, 2.45) is 0 Å². The van der Waals surface area contributed by atoms with Gasteiger partial charge in [0.05, 0.1) is 63.7 Å². The maximum absolute atomic E-state index is 13.8. The second-order valence-corrected chi connectivity index (χ2v) is 17.0. The number of Topliss-reactive ketones (excluding diaryl/α,β-unsaturated/α-hetero) is 1. The molecule has 16 heteroatoms. The van der Waals surface area contributed by atoms with Gasteiger partial charge in [0.1, 0.15) is 17.2 Å². The van der Waals surface area contributed by atoms with Crippen LogP contribution in [0.25, 0.3) is 6.08 Å². The summed E-state index contributed by atoms with van der Waals surface area (Å²) in [5, 5.41) is 21.9. The number of amides is 1. The fraction of sp³-hybridized carbons (Fsp3) is 0.440. The van der Waals surface area contributed by atoms with E-state index in [9.17, 15) is 29.4 Å². The van der Waals surface area contributed by atoms with E-state index >= 15 is 0 Å². The molecule has 354 valence electrons. The van der Waals surface area contributed by atoms with Gasteiger partial charge in [0.25, 0.3) is 0 Å². The van der Waals surface area contributed by atoms with Crippen LogP contribution in [0.4, 0.5) is 0 Å². The lowest BCUT2D eigenvalue weighted by Gasteiger charge is -2.25. The first kappa shape index (κ1) is 51.7. The first-order chi connectivity index (χ1) is 32.1. The van der Waals surface area contributed by atoms with E-state index in [1.54, 1.807) is 42.1 Å². The summed E-state index contributed by atoms with van der Waals surface area (Å²) in [4.78, 5) is 62.8. The van der Waals surface area contributed by atoms with Gasteiger partial charge in [-0.05, 0) is 59.9 Å². The van der Waals surface area contributed by atoms with Gasteiger partial charge < -0.3 is 34.5 Å². The van der Waals surface area contributed by atoms with Crippen molar-refractivity contribution >= 4 is 41.5 Å². The van der Waals surface area contributed by atoms with Crippen molar-refractivity contribution in [3.05, 3.63) is 137 Å². The van der Waals surface area contributed by atoms with Crippen molar-refractivity contribution in [3.63, 3.8) is 0 Å². The predicted molar refractivity (Wildman–Crippen MR) is 254 cm³/mol. The quantitative estimate of drug-likeness (QED) is 0.0956. The van der Waals surface area contributed by atoms with Gasteiger partial charge in [-0.15, -0.1) is 0 Å². The third-order valence-electron chi connectivity index (χ3n) is 11.0. The minimum Gasteiger partial charge on any atom is -0.477 e. The smallest absolute Gasteiger partial charge is 0.354 e. The molecule has 0 aliphatic carbocycles. The zero-order chi connectivity index (χ0) is 46.9. The van der Waals surface area contributed by atoms with Crippen LogP contribution >= 0.6 is 11.8 Å². The number of carboxylic acids is 2. The number of ketones is 1. The predicted octanol–water partition coefficient (Wildman–Crippen LogP) is 5.80. The number of carboxylic acid groups (broad SMARTS) is 2. The summed E-state index contributed by atoms with van der Waals surface area (Å²) in [6.07, 6.45) is 2.26. The molecule has 4 aromatic rings. The summed E-state index contributed by atoms with van der Waals surface area (Å²) in [6, 6.07) is 25.7. The van der Waals surface area contributed by atoms with Gasteiger partial charge in [0.2, 0.25) is 5.91 Å². The van der Waals surface area contributed by atoms with Gasteiger partial charge in [-0.2, -0.15) is 11.8 Å². The zero-order valence-corrected chi connectivity index (χ0v) is 38.6. The van der Waals surface area contributed by atoms with Crippen LogP contribution in [0.5, 0.6) is 0 Å². The molecule has 0 saturated carbocycles. The Labute approximate surface area is 391 Å². The monoisotopic (exact) mass is 925 g/mol. The number of aromatic nitrogens is 2. The molecule has 3 heterocycles.